The number of halogens is 4. The maximum absolute atomic E-state index is 13.8. The lowest BCUT2D eigenvalue weighted by Crippen LogP contribution is -2.38. The van der Waals surface area contributed by atoms with E-state index < -0.39 is 44.4 Å². The van der Waals surface area contributed by atoms with Crippen LogP contribution in [0.2, 0.25) is 0 Å². The number of fused-ring (bicyclic) bond motifs is 1. The Hall–Kier alpha value is -3.87. The number of carbonyl (C=O) groups excluding carboxylic acids is 1. The lowest BCUT2D eigenvalue weighted by atomic mass is 10.1. The highest BCUT2D eigenvalue weighted by Gasteiger charge is 2.42. The molecule has 176 valence electrons. The summed E-state index contributed by atoms with van der Waals surface area (Å²) in [5, 5.41) is 5.89. The second-order valence-corrected chi connectivity index (χ2v) is 9.27. The van der Waals surface area contributed by atoms with Crippen molar-refractivity contribution in [2.24, 2.45) is 0 Å². The second kappa shape index (κ2) is 8.48. The van der Waals surface area contributed by atoms with Gasteiger partial charge in [0.1, 0.15) is 5.82 Å². The van der Waals surface area contributed by atoms with Gasteiger partial charge in [0, 0.05) is 29.6 Å². The van der Waals surface area contributed by atoms with E-state index in [9.17, 15) is 30.8 Å². The average molecular weight is 493 g/mol. The van der Waals surface area contributed by atoms with Crippen LogP contribution < -0.4 is 5.32 Å². The molecule has 0 saturated carbocycles. The van der Waals surface area contributed by atoms with E-state index >= 15 is 0 Å². The molecule has 8 nitrogen and oxygen atoms in total. The third-order valence-electron chi connectivity index (χ3n) is 4.89. The van der Waals surface area contributed by atoms with Crippen LogP contribution in [0.3, 0.4) is 0 Å². The van der Waals surface area contributed by atoms with Crippen LogP contribution in [0.25, 0.3) is 16.6 Å². The summed E-state index contributed by atoms with van der Waals surface area (Å²) >= 11 is 0. The number of amides is 1. The van der Waals surface area contributed by atoms with E-state index in [1.54, 1.807) is 0 Å². The number of nitrogens with zero attached hydrogens (tertiary/aromatic N) is 4. The van der Waals surface area contributed by atoms with Crippen LogP contribution in [-0.2, 0) is 9.84 Å². The van der Waals surface area contributed by atoms with Gasteiger partial charge in [-0.25, -0.2) is 22.5 Å². The average Bonchev–Trinajstić information content (AvgIpc) is 3.21. The smallest absolute Gasteiger partial charge is 0.337 e. The van der Waals surface area contributed by atoms with Gasteiger partial charge in [-0.05, 0) is 30.3 Å². The fourth-order valence-corrected chi connectivity index (χ4v) is 3.81. The normalized spacial score (nSPS) is 13.1. The standard InChI is InChI=1S/C21H15F4N5O3S/c1-34(32,33)18-7-2-12(8-27-18)19(21(23,24)25)29-20(31)16-9-26-11-17-15(16)10-28-30(17)14-5-3-13(22)4-6-14/h2-11,19H,1H3,(H,29,31). The number of sulfone groups is 1. The van der Waals surface area contributed by atoms with Crippen molar-refractivity contribution in [3.8, 4) is 5.69 Å². The molecule has 0 aliphatic rings. The Morgan fingerprint density at radius 3 is 2.32 bits per heavy atom. The molecule has 0 aliphatic carbocycles. The van der Waals surface area contributed by atoms with Gasteiger partial charge in [0.15, 0.2) is 20.9 Å². The zero-order valence-corrected chi connectivity index (χ0v) is 18.1. The first-order valence-corrected chi connectivity index (χ1v) is 11.5. The zero-order valence-electron chi connectivity index (χ0n) is 17.3. The molecule has 0 aliphatic heterocycles. The van der Waals surface area contributed by atoms with Gasteiger partial charge < -0.3 is 5.32 Å². The van der Waals surface area contributed by atoms with Gasteiger partial charge >= 0.3 is 6.18 Å². The number of nitrogens with one attached hydrogen (secondary N) is 1. The molecule has 1 amide bonds. The highest BCUT2D eigenvalue weighted by Crippen LogP contribution is 2.33. The third-order valence-corrected chi connectivity index (χ3v) is 5.89. The first-order valence-electron chi connectivity index (χ1n) is 9.56. The molecule has 1 aromatic carbocycles. The molecule has 0 fully saturated rings. The molecule has 0 spiro atoms. The first-order chi connectivity index (χ1) is 15.9. The van der Waals surface area contributed by atoms with Gasteiger partial charge in [0.25, 0.3) is 5.91 Å². The Morgan fingerprint density at radius 2 is 1.74 bits per heavy atom. The summed E-state index contributed by atoms with van der Waals surface area (Å²) in [4.78, 5) is 20.4. The van der Waals surface area contributed by atoms with Crippen molar-refractivity contribution in [3.05, 3.63) is 78.1 Å². The molecule has 13 heteroatoms. The number of rotatable bonds is 5. The van der Waals surface area contributed by atoms with Gasteiger partial charge in [-0.1, -0.05) is 6.07 Å². The molecule has 1 unspecified atom stereocenters. The van der Waals surface area contributed by atoms with Crippen molar-refractivity contribution in [1.82, 2.24) is 25.1 Å². The number of pyridine rings is 2. The summed E-state index contributed by atoms with van der Waals surface area (Å²) in [5.41, 5.74) is 0.166. The number of carbonyl (C=O) groups is 1. The van der Waals surface area contributed by atoms with E-state index in [1.165, 1.54) is 41.3 Å². The molecule has 34 heavy (non-hydrogen) atoms. The van der Waals surface area contributed by atoms with Crippen molar-refractivity contribution in [2.75, 3.05) is 6.26 Å². The molecule has 3 heterocycles. The van der Waals surface area contributed by atoms with Crippen molar-refractivity contribution in [2.45, 2.75) is 17.2 Å². The quantitative estimate of drug-likeness (QED) is 0.427. The fraction of sp³-hybridized carbons (Fsp3) is 0.143. The van der Waals surface area contributed by atoms with E-state index in [2.05, 4.69) is 15.1 Å². The zero-order chi connectivity index (χ0) is 24.7. The molecule has 4 rings (SSSR count). The molecule has 0 bridgehead atoms. The molecule has 4 aromatic rings. The molecule has 3 aromatic heterocycles. The largest absolute Gasteiger partial charge is 0.412 e. The summed E-state index contributed by atoms with van der Waals surface area (Å²) in [6.07, 6.45) is 0.492. The first kappa shape index (κ1) is 23.3. The van der Waals surface area contributed by atoms with Crippen LogP contribution in [0, 0.1) is 5.82 Å². The van der Waals surface area contributed by atoms with Gasteiger partial charge in [0.2, 0.25) is 0 Å². The number of hydrogen-bond donors (Lipinski definition) is 1. The van der Waals surface area contributed by atoms with Gasteiger partial charge in [-0.3, -0.25) is 9.78 Å². The Morgan fingerprint density at radius 1 is 1.03 bits per heavy atom. The van der Waals surface area contributed by atoms with Gasteiger partial charge in [0.05, 0.1) is 29.2 Å². The summed E-state index contributed by atoms with van der Waals surface area (Å²) in [6, 6.07) is 4.73. The lowest BCUT2D eigenvalue weighted by Gasteiger charge is -2.22. The van der Waals surface area contributed by atoms with Crippen LogP contribution in [-0.4, -0.2) is 46.5 Å². The summed E-state index contributed by atoms with van der Waals surface area (Å²) in [5.74, 6) is -1.54. The van der Waals surface area contributed by atoms with Gasteiger partial charge in [-0.2, -0.15) is 18.3 Å². The molecule has 0 radical (unpaired) electrons. The SMILES string of the molecule is CS(=O)(=O)c1ccc(C(NC(=O)c2cncc3c2cnn3-c2ccc(F)cc2)C(F)(F)F)cn1. The van der Waals surface area contributed by atoms with Crippen LogP contribution >= 0.6 is 0 Å². The fourth-order valence-electron chi connectivity index (χ4n) is 3.26. The monoisotopic (exact) mass is 493 g/mol. The number of alkyl halides is 3. The Labute approximate surface area is 190 Å². The van der Waals surface area contributed by atoms with Crippen molar-refractivity contribution >= 4 is 26.6 Å². The minimum absolute atomic E-state index is 0.166. The van der Waals surface area contributed by atoms with Gasteiger partial charge in [-0.15, -0.1) is 0 Å². The predicted octanol–water partition coefficient (Wildman–Crippen LogP) is 3.39. The number of benzene rings is 1. The second-order valence-electron chi connectivity index (χ2n) is 7.30. The van der Waals surface area contributed by atoms with Crippen molar-refractivity contribution in [3.63, 3.8) is 0 Å². The maximum Gasteiger partial charge on any atom is 0.412 e. The third kappa shape index (κ3) is 4.59. The Kier molecular flexibility index (Phi) is 5.81. The Bertz CT molecular complexity index is 1470. The molecule has 1 N–H and O–H groups in total. The van der Waals surface area contributed by atoms with Crippen LogP contribution in [0.5, 0.6) is 0 Å². The van der Waals surface area contributed by atoms with Crippen molar-refractivity contribution in [1.29, 1.82) is 0 Å². The van der Waals surface area contributed by atoms with Crippen molar-refractivity contribution < 1.29 is 30.8 Å². The predicted molar refractivity (Wildman–Crippen MR) is 112 cm³/mol. The lowest BCUT2D eigenvalue weighted by molar-refractivity contribution is -0.155. The summed E-state index contributed by atoms with van der Waals surface area (Å²) in [6.45, 7) is 0. The minimum Gasteiger partial charge on any atom is -0.337 e. The minimum atomic E-state index is -4.90. The highest BCUT2D eigenvalue weighted by atomic mass is 32.2. The highest BCUT2D eigenvalue weighted by molar-refractivity contribution is 7.90. The Balaban J connectivity index is 1.68. The summed E-state index contributed by atoms with van der Waals surface area (Å²) in [7, 11) is -3.71. The molecule has 1 atom stereocenters. The molecule has 0 saturated heterocycles. The van der Waals surface area contributed by atoms with Crippen LogP contribution in [0.15, 0.2) is 66.2 Å². The summed E-state index contributed by atoms with van der Waals surface area (Å²) < 4.78 is 79.0. The van der Waals surface area contributed by atoms with Crippen LogP contribution in [0.4, 0.5) is 17.6 Å². The molecular formula is C21H15F4N5O3S. The number of aromatic nitrogens is 4. The van der Waals surface area contributed by atoms with E-state index in [0.717, 1.165) is 30.8 Å². The van der Waals surface area contributed by atoms with E-state index in [0.29, 0.717) is 11.2 Å². The van der Waals surface area contributed by atoms with Crippen LogP contribution in [0.1, 0.15) is 22.0 Å². The van der Waals surface area contributed by atoms with E-state index in [-0.39, 0.29) is 10.9 Å². The van der Waals surface area contributed by atoms with E-state index in [1.807, 2.05) is 5.32 Å². The molecular weight excluding hydrogens is 478 g/mol. The number of hydrogen-bond acceptors (Lipinski definition) is 6. The topological polar surface area (TPSA) is 107 Å². The van der Waals surface area contributed by atoms with E-state index in [4.69, 9.17) is 0 Å². The maximum atomic E-state index is 13.8.